The number of nitrogens with one attached hydrogen (secondary N) is 1. The first-order chi connectivity index (χ1) is 9.54. The van der Waals surface area contributed by atoms with E-state index in [9.17, 15) is 4.79 Å². The molecule has 1 N–H and O–H groups in total. The first kappa shape index (κ1) is 13.2. The van der Waals surface area contributed by atoms with Crippen molar-refractivity contribution >= 4 is 23.2 Å². The second-order valence-corrected chi connectivity index (χ2v) is 5.60. The number of aryl methyl sites for hydroxylation is 1. The van der Waals surface area contributed by atoms with Crippen molar-refractivity contribution < 1.29 is 4.79 Å². The van der Waals surface area contributed by atoms with Crippen molar-refractivity contribution in [2.75, 3.05) is 5.32 Å². The standard InChI is InChI=1S/C13H16ClN5O/c1-8-11(14)12(17-18(8)2)13(20)16-10-5-15-19(7-10)6-9-3-4-9/h5,7,9H,3-4,6H2,1-2H3,(H,16,20). The van der Waals surface area contributed by atoms with Gasteiger partial charge in [0.25, 0.3) is 5.91 Å². The molecule has 2 heterocycles. The van der Waals surface area contributed by atoms with Crippen LogP contribution in [0.4, 0.5) is 5.69 Å². The zero-order chi connectivity index (χ0) is 14.3. The van der Waals surface area contributed by atoms with Gasteiger partial charge in [-0.25, -0.2) is 0 Å². The highest BCUT2D eigenvalue weighted by Gasteiger charge is 2.22. The lowest BCUT2D eigenvalue weighted by Crippen LogP contribution is -2.13. The molecule has 1 aliphatic rings. The molecule has 1 fully saturated rings. The monoisotopic (exact) mass is 293 g/mol. The predicted octanol–water partition coefficient (Wildman–Crippen LogP) is 2.24. The molecule has 1 saturated carbocycles. The van der Waals surface area contributed by atoms with Gasteiger partial charge in [-0.15, -0.1) is 0 Å². The van der Waals surface area contributed by atoms with E-state index in [0.29, 0.717) is 10.7 Å². The van der Waals surface area contributed by atoms with Gasteiger partial charge >= 0.3 is 0 Å². The summed E-state index contributed by atoms with van der Waals surface area (Å²) in [5, 5.41) is 11.5. The predicted molar refractivity (Wildman–Crippen MR) is 75.9 cm³/mol. The van der Waals surface area contributed by atoms with E-state index < -0.39 is 0 Å². The molecule has 106 valence electrons. The number of halogens is 1. The molecule has 0 bridgehead atoms. The number of amides is 1. The highest BCUT2D eigenvalue weighted by atomic mass is 35.5. The Kier molecular flexibility index (Phi) is 3.25. The number of carbonyl (C=O) groups is 1. The van der Waals surface area contributed by atoms with Crippen LogP contribution < -0.4 is 5.32 Å². The summed E-state index contributed by atoms with van der Waals surface area (Å²) in [5.41, 5.74) is 1.66. The molecule has 0 aliphatic heterocycles. The van der Waals surface area contributed by atoms with Crippen LogP contribution in [0.3, 0.4) is 0 Å². The van der Waals surface area contributed by atoms with Crippen molar-refractivity contribution in [3.63, 3.8) is 0 Å². The molecule has 2 aromatic rings. The van der Waals surface area contributed by atoms with Crippen LogP contribution in [0, 0.1) is 12.8 Å². The molecule has 0 spiro atoms. The number of hydrogen-bond acceptors (Lipinski definition) is 3. The van der Waals surface area contributed by atoms with Crippen LogP contribution in [0.2, 0.25) is 5.02 Å². The smallest absolute Gasteiger partial charge is 0.277 e. The van der Waals surface area contributed by atoms with Gasteiger partial charge in [0.2, 0.25) is 0 Å². The number of anilines is 1. The third-order valence-electron chi connectivity index (χ3n) is 3.51. The van der Waals surface area contributed by atoms with Gasteiger partial charge in [-0.05, 0) is 25.7 Å². The van der Waals surface area contributed by atoms with E-state index in [2.05, 4.69) is 15.5 Å². The van der Waals surface area contributed by atoms with E-state index in [4.69, 9.17) is 11.6 Å². The number of nitrogens with zero attached hydrogens (tertiary/aromatic N) is 4. The Balaban J connectivity index is 1.71. The summed E-state index contributed by atoms with van der Waals surface area (Å²) in [4.78, 5) is 12.1. The van der Waals surface area contributed by atoms with E-state index in [0.717, 1.165) is 18.2 Å². The first-order valence-electron chi connectivity index (χ1n) is 6.57. The Morgan fingerprint density at radius 3 is 2.90 bits per heavy atom. The Morgan fingerprint density at radius 2 is 2.30 bits per heavy atom. The summed E-state index contributed by atoms with van der Waals surface area (Å²) < 4.78 is 3.45. The van der Waals surface area contributed by atoms with Crippen LogP contribution in [0.25, 0.3) is 0 Å². The Bertz CT molecular complexity index is 656. The second kappa shape index (κ2) is 4.94. The van der Waals surface area contributed by atoms with Gasteiger partial charge in [0, 0.05) is 19.8 Å². The lowest BCUT2D eigenvalue weighted by Gasteiger charge is -2.00. The molecule has 0 radical (unpaired) electrons. The molecule has 6 nitrogen and oxygen atoms in total. The van der Waals surface area contributed by atoms with Crippen molar-refractivity contribution in [3.8, 4) is 0 Å². The van der Waals surface area contributed by atoms with Gasteiger partial charge in [0.05, 0.1) is 22.6 Å². The van der Waals surface area contributed by atoms with E-state index in [1.165, 1.54) is 12.8 Å². The zero-order valence-corrected chi connectivity index (χ0v) is 12.2. The van der Waals surface area contributed by atoms with E-state index in [1.807, 2.05) is 17.8 Å². The molecule has 0 unspecified atom stereocenters. The van der Waals surface area contributed by atoms with Crippen LogP contribution >= 0.6 is 11.6 Å². The van der Waals surface area contributed by atoms with E-state index in [-0.39, 0.29) is 11.6 Å². The average Bonchev–Trinajstić information content (AvgIpc) is 3.06. The minimum atomic E-state index is -0.315. The lowest BCUT2D eigenvalue weighted by atomic mass is 10.3. The van der Waals surface area contributed by atoms with Crippen LogP contribution in [0.5, 0.6) is 0 Å². The lowest BCUT2D eigenvalue weighted by molar-refractivity contribution is 0.102. The number of hydrogen-bond donors (Lipinski definition) is 1. The van der Waals surface area contributed by atoms with Crippen molar-refractivity contribution in [3.05, 3.63) is 28.8 Å². The third kappa shape index (κ3) is 2.56. The number of carbonyl (C=O) groups excluding carboxylic acids is 1. The maximum absolute atomic E-state index is 12.1. The molecule has 3 rings (SSSR count). The molecular formula is C13H16ClN5O. The fraction of sp³-hybridized carbons (Fsp3) is 0.462. The summed E-state index contributed by atoms with van der Waals surface area (Å²) in [6.07, 6.45) is 6.01. The van der Waals surface area contributed by atoms with Crippen molar-refractivity contribution in [1.29, 1.82) is 0 Å². The minimum absolute atomic E-state index is 0.238. The number of rotatable bonds is 4. The molecule has 0 saturated heterocycles. The van der Waals surface area contributed by atoms with Crippen LogP contribution in [-0.2, 0) is 13.6 Å². The molecule has 0 atom stereocenters. The maximum Gasteiger partial charge on any atom is 0.277 e. The van der Waals surface area contributed by atoms with Crippen molar-refractivity contribution in [2.24, 2.45) is 13.0 Å². The number of aromatic nitrogens is 4. The quantitative estimate of drug-likeness (QED) is 0.940. The summed E-state index contributed by atoms with van der Waals surface area (Å²) in [6, 6.07) is 0. The molecule has 0 aromatic carbocycles. The fourth-order valence-corrected chi connectivity index (χ4v) is 2.26. The fourth-order valence-electron chi connectivity index (χ4n) is 2.01. The molecule has 2 aromatic heterocycles. The Labute approximate surface area is 121 Å². The van der Waals surface area contributed by atoms with Gasteiger partial charge < -0.3 is 5.32 Å². The third-order valence-corrected chi connectivity index (χ3v) is 3.96. The van der Waals surface area contributed by atoms with Crippen LogP contribution in [-0.4, -0.2) is 25.5 Å². The van der Waals surface area contributed by atoms with E-state index in [1.54, 1.807) is 17.9 Å². The van der Waals surface area contributed by atoms with Gasteiger partial charge in [-0.1, -0.05) is 11.6 Å². The van der Waals surface area contributed by atoms with Crippen molar-refractivity contribution in [2.45, 2.75) is 26.3 Å². The molecular weight excluding hydrogens is 278 g/mol. The van der Waals surface area contributed by atoms with E-state index >= 15 is 0 Å². The van der Waals surface area contributed by atoms with Gasteiger partial charge in [0.15, 0.2) is 5.69 Å². The molecule has 20 heavy (non-hydrogen) atoms. The summed E-state index contributed by atoms with van der Waals surface area (Å²) in [6.45, 7) is 2.74. The Morgan fingerprint density at radius 1 is 1.55 bits per heavy atom. The first-order valence-corrected chi connectivity index (χ1v) is 6.95. The average molecular weight is 294 g/mol. The van der Waals surface area contributed by atoms with Crippen molar-refractivity contribution in [1.82, 2.24) is 19.6 Å². The SMILES string of the molecule is Cc1c(Cl)c(C(=O)Nc2cnn(CC3CC3)c2)nn1C. The molecule has 7 heteroatoms. The molecule has 1 amide bonds. The van der Waals surface area contributed by atoms with Gasteiger partial charge in [-0.2, -0.15) is 10.2 Å². The summed E-state index contributed by atoms with van der Waals surface area (Å²) in [7, 11) is 1.76. The minimum Gasteiger partial charge on any atom is -0.318 e. The highest BCUT2D eigenvalue weighted by Crippen LogP contribution is 2.30. The van der Waals surface area contributed by atoms with Gasteiger partial charge in [0.1, 0.15) is 0 Å². The topological polar surface area (TPSA) is 64.7 Å². The molecule has 1 aliphatic carbocycles. The maximum atomic E-state index is 12.1. The second-order valence-electron chi connectivity index (χ2n) is 5.22. The summed E-state index contributed by atoms with van der Waals surface area (Å²) in [5.74, 6) is 0.427. The Hall–Kier alpha value is -1.82. The van der Waals surface area contributed by atoms with Crippen LogP contribution in [0.1, 0.15) is 29.0 Å². The zero-order valence-electron chi connectivity index (χ0n) is 11.4. The largest absolute Gasteiger partial charge is 0.318 e. The highest BCUT2D eigenvalue weighted by molar-refractivity contribution is 6.34. The van der Waals surface area contributed by atoms with Crippen LogP contribution in [0.15, 0.2) is 12.4 Å². The van der Waals surface area contributed by atoms with Gasteiger partial charge in [-0.3, -0.25) is 14.2 Å². The summed E-state index contributed by atoms with van der Waals surface area (Å²) >= 11 is 6.09. The normalized spacial score (nSPS) is 14.6.